The monoisotopic (exact) mass is 297 g/mol. The van der Waals surface area contributed by atoms with Crippen LogP contribution >= 0.6 is 24.0 Å². The van der Waals surface area contributed by atoms with Crippen LogP contribution in [-0.4, -0.2) is 68.5 Å². The first-order valence-electron chi connectivity index (χ1n) is 7.02. The van der Waals surface area contributed by atoms with E-state index in [1.165, 1.54) is 58.4 Å². The summed E-state index contributed by atoms with van der Waals surface area (Å²) in [4.78, 5) is 4.92. The van der Waals surface area contributed by atoms with E-state index in [1.807, 2.05) is 7.05 Å². The largest absolute Gasteiger partial charge is 0.318 e. The van der Waals surface area contributed by atoms with E-state index in [9.17, 15) is 0 Å². The number of likely N-dealkylation sites (tertiary alicyclic amines) is 2. The maximum absolute atomic E-state index is 5.54. The summed E-state index contributed by atoms with van der Waals surface area (Å²) in [5, 5.41) is 3.15. The summed E-state index contributed by atoms with van der Waals surface area (Å²) in [5.41, 5.74) is 0. The third-order valence-electron chi connectivity index (χ3n) is 3.48. The fourth-order valence-electron chi connectivity index (χ4n) is 2.40. The first kappa shape index (κ1) is 18.5. The summed E-state index contributed by atoms with van der Waals surface area (Å²) in [6, 6.07) is 0. The fourth-order valence-corrected chi connectivity index (χ4v) is 2.64. The number of nitrogens with one attached hydrogen (secondary N) is 1. The van der Waals surface area contributed by atoms with Crippen molar-refractivity contribution in [2.75, 3.05) is 58.7 Å². The van der Waals surface area contributed by atoms with Gasteiger partial charge in [-0.3, -0.25) is 0 Å². The number of rotatable bonds is 5. The third-order valence-corrected chi connectivity index (χ3v) is 3.65. The molecule has 0 aromatic carbocycles. The highest BCUT2D eigenvalue weighted by molar-refractivity contribution is 6.18. The quantitative estimate of drug-likeness (QED) is 0.784. The van der Waals surface area contributed by atoms with Crippen LogP contribution < -0.4 is 5.32 Å². The van der Waals surface area contributed by atoms with Crippen molar-refractivity contribution in [2.24, 2.45) is 0 Å². The number of hydrogen-bond donors (Lipinski definition) is 1. The van der Waals surface area contributed by atoms with Gasteiger partial charge in [-0.15, -0.1) is 24.0 Å². The summed E-state index contributed by atoms with van der Waals surface area (Å²) in [7, 11) is 2.01. The Balaban J connectivity index is 0.000000306. The van der Waals surface area contributed by atoms with Crippen LogP contribution in [0.5, 0.6) is 0 Å². The first-order chi connectivity index (χ1) is 8.36. The second-order valence-corrected chi connectivity index (χ2v) is 5.27. The molecule has 0 bridgehead atoms. The number of nitrogens with zero attached hydrogens (tertiary/aromatic N) is 2. The van der Waals surface area contributed by atoms with Gasteiger partial charge in [0.1, 0.15) is 0 Å². The van der Waals surface area contributed by atoms with E-state index in [0.29, 0.717) is 0 Å². The summed E-state index contributed by atoms with van der Waals surface area (Å²) in [6.07, 6.45) is 5.56. The second kappa shape index (κ2) is 12.5. The summed E-state index contributed by atoms with van der Waals surface area (Å²) >= 11 is 5.54. The molecule has 1 N–H and O–H groups in total. The van der Waals surface area contributed by atoms with Gasteiger partial charge in [-0.05, 0) is 58.9 Å². The summed E-state index contributed by atoms with van der Waals surface area (Å²) in [5.74, 6) is 0.792. The first-order valence-corrected chi connectivity index (χ1v) is 7.55. The molecule has 18 heavy (non-hydrogen) atoms. The lowest BCUT2D eigenvalue weighted by atomic mass is 10.4. The molecule has 0 aromatic rings. The van der Waals surface area contributed by atoms with Gasteiger partial charge in [0.15, 0.2) is 0 Å². The maximum Gasteiger partial charge on any atom is 0.0351 e. The molecule has 2 aliphatic heterocycles. The molecule has 2 saturated heterocycles. The normalized spacial score (nSPS) is 20.3. The lowest BCUT2D eigenvalue weighted by Gasteiger charge is -2.12. The van der Waals surface area contributed by atoms with E-state index >= 15 is 0 Å². The topological polar surface area (TPSA) is 18.5 Å². The molecule has 0 saturated carbocycles. The number of hydrogen-bond acceptors (Lipinski definition) is 3. The van der Waals surface area contributed by atoms with Crippen molar-refractivity contribution in [3.63, 3.8) is 0 Å². The van der Waals surface area contributed by atoms with Crippen LogP contribution in [0.3, 0.4) is 0 Å². The van der Waals surface area contributed by atoms with Gasteiger partial charge in [-0.2, -0.15) is 0 Å². The smallest absolute Gasteiger partial charge is 0.0351 e. The van der Waals surface area contributed by atoms with Crippen molar-refractivity contribution in [2.45, 2.75) is 25.7 Å². The molecule has 0 unspecified atom stereocenters. The molecule has 0 atom stereocenters. The van der Waals surface area contributed by atoms with E-state index in [1.54, 1.807) is 0 Å². The van der Waals surface area contributed by atoms with Gasteiger partial charge in [0.05, 0.1) is 0 Å². The lowest BCUT2D eigenvalue weighted by Crippen LogP contribution is -2.27. The molecule has 5 heteroatoms. The van der Waals surface area contributed by atoms with Crippen LogP contribution in [0, 0.1) is 0 Å². The Hall–Kier alpha value is 0.460. The maximum atomic E-state index is 5.54. The van der Waals surface area contributed by atoms with Crippen LogP contribution in [-0.2, 0) is 0 Å². The Morgan fingerprint density at radius 3 is 1.72 bits per heavy atom. The van der Waals surface area contributed by atoms with Crippen molar-refractivity contribution < 1.29 is 0 Å². The highest BCUT2D eigenvalue weighted by Gasteiger charge is 2.09. The fraction of sp³-hybridized carbons (Fsp3) is 1.00. The molecule has 0 aromatic heterocycles. The third kappa shape index (κ3) is 8.54. The average molecular weight is 298 g/mol. The predicted molar refractivity (Wildman–Crippen MR) is 83.2 cm³/mol. The van der Waals surface area contributed by atoms with E-state index in [4.69, 9.17) is 11.6 Å². The zero-order chi connectivity index (χ0) is 12.3. The van der Waals surface area contributed by atoms with Crippen LogP contribution in [0.25, 0.3) is 0 Å². The van der Waals surface area contributed by atoms with Crippen LogP contribution in [0.4, 0.5) is 0 Å². The predicted octanol–water partition coefficient (Wildman–Crippen LogP) is 2.04. The molecule has 0 amide bonds. The SMILES string of the molecule is CNCCN1CCCC1.Cl.ClCCN1CCCC1. The lowest BCUT2D eigenvalue weighted by molar-refractivity contribution is 0.340. The highest BCUT2D eigenvalue weighted by atomic mass is 35.5. The minimum atomic E-state index is 0. The Kier molecular flexibility index (Phi) is 12.8. The van der Waals surface area contributed by atoms with Gasteiger partial charge in [0.25, 0.3) is 0 Å². The second-order valence-electron chi connectivity index (χ2n) is 4.89. The molecule has 0 radical (unpaired) electrons. The van der Waals surface area contributed by atoms with Crippen molar-refractivity contribution in [1.82, 2.24) is 15.1 Å². The standard InChI is InChI=1S/C7H16N2.C6H12ClN.ClH/c1-8-4-7-9-5-2-3-6-9;7-3-6-8-4-1-2-5-8;/h8H,2-7H2,1H3;1-6H2;1H. The van der Waals surface area contributed by atoms with Crippen LogP contribution in [0.1, 0.15) is 25.7 Å². The van der Waals surface area contributed by atoms with Gasteiger partial charge in [0.2, 0.25) is 0 Å². The van der Waals surface area contributed by atoms with Crippen molar-refractivity contribution in [3.8, 4) is 0 Å². The van der Waals surface area contributed by atoms with E-state index < -0.39 is 0 Å². The molecular weight excluding hydrogens is 269 g/mol. The molecule has 2 fully saturated rings. The minimum absolute atomic E-state index is 0. The van der Waals surface area contributed by atoms with Gasteiger partial charge in [-0.25, -0.2) is 0 Å². The zero-order valence-electron chi connectivity index (χ0n) is 11.7. The van der Waals surface area contributed by atoms with Gasteiger partial charge < -0.3 is 15.1 Å². The van der Waals surface area contributed by atoms with E-state index in [2.05, 4.69) is 15.1 Å². The molecule has 2 heterocycles. The average Bonchev–Trinajstić information content (AvgIpc) is 3.00. The summed E-state index contributed by atoms with van der Waals surface area (Å²) < 4.78 is 0. The number of halogens is 2. The molecule has 0 aliphatic carbocycles. The molecule has 110 valence electrons. The van der Waals surface area contributed by atoms with E-state index in [0.717, 1.165) is 19.0 Å². The zero-order valence-corrected chi connectivity index (χ0v) is 13.2. The minimum Gasteiger partial charge on any atom is -0.318 e. The number of alkyl halides is 1. The van der Waals surface area contributed by atoms with Crippen molar-refractivity contribution in [3.05, 3.63) is 0 Å². The molecule has 3 nitrogen and oxygen atoms in total. The van der Waals surface area contributed by atoms with Crippen LogP contribution in [0.2, 0.25) is 0 Å². The molecule has 2 rings (SSSR count). The van der Waals surface area contributed by atoms with Crippen molar-refractivity contribution >= 4 is 24.0 Å². The molecule has 2 aliphatic rings. The van der Waals surface area contributed by atoms with Crippen molar-refractivity contribution in [1.29, 1.82) is 0 Å². The Bertz CT molecular complexity index is 170. The van der Waals surface area contributed by atoms with Crippen LogP contribution in [0.15, 0.2) is 0 Å². The van der Waals surface area contributed by atoms with Gasteiger partial charge in [0, 0.05) is 25.5 Å². The number of likely N-dealkylation sites (N-methyl/N-ethyl adjacent to an activating group) is 1. The van der Waals surface area contributed by atoms with Gasteiger partial charge >= 0.3 is 0 Å². The molecular formula is C13H29Cl2N3. The highest BCUT2D eigenvalue weighted by Crippen LogP contribution is 2.06. The Labute approximate surface area is 124 Å². The van der Waals surface area contributed by atoms with Gasteiger partial charge in [-0.1, -0.05) is 0 Å². The Morgan fingerprint density at radius 1 is 0.889 bits per heavy atom. The Morgan fingerprint density at radius 2 is 1.33 bits per heavy atom. The summed E-state index contributed by atoms with van der Waals surface area (Å²) in [6.45, 7) is 8.64. The molecule has 0 spiro atoms. The van der Waals surface area contributed by atoms with E-state index in [-0.39, 0.29) is 12.4 Å².